The summed E-state index contributed by atoms with van der Waals surface area (Å²) in [4.78, 5) is 25.4. The molecule has 0 radical (unpaired) electrons. The van der Waals surface area contributed by atoms with Crippen molar-refractivity contribution in [1.29, 1.82) is 0 Å². The molecule has 0 unspecified atom stereocenters. The normalized spacial score (nSPS) is 16.6. The van der Waals surface area contributed by atoms with Crippen molar-refractivity contribution in [3.05, 3.63) is 47.7 Å². The number of methoxy groups -OCH3 is 1. The molecule has 3 aromatic rings. The molecule has 5 rings (SSSR count). The lowest BCUT2D eigenvalue weighted by atomic mass is 10.1. The highest BCUT2D eigenvalue weighted by atomic mass is 35.5. The lowest BCUT2D eigenvalue weighted by molar-refractivity contribution is 0.0625. The predicted octanol–water partition coefficient (Wildman–Crippen LogP) is 5.11. The van der Waals surface area contributed by atoms with E-state index in [0.29, 0.717) is 54.9 Å². The van der Waals surface area contributed by atoms with Gasteiger partial charge in [-0.1, -0.05) is 17.7 Å². The Balaban J connectivity index is 1.22. The second-order valence-corrected chi connectivity index (χ2v) is 9.78. The van der Waals surface area contributed by atoms with E-state index in [1.807, 2.05) is 36.4 Å². The van der Waals surface area contributed by atoms with Crippen LogP contribution in [0, 0.1) is 0 Å². The Morgan fingerprint density at radius 1 is 1.08 bits per heavy atom. The number of hydrogen-bond acceptors (Lipinski definition) is 8. The number of aromatic nitrogens is 2. The Hall–Kier alpha value is -3.30. The molecule has 2 aliphatic rings. The fourth-order valence-electron chi connectivity index (χ4n) is 4.81. The Morgan fingerprint density at radius 2 is 1.89 bits per heavy atom. The van der Waals surface area contributed by atoms with Gasteiger partial charge in [0, 0.05) is 54.6 Å². The molecule has 2 aliphatic heterocycles. The van der Waals surface area contributed by atoms with Gasteiger partial charge in [-0.05, 0) is 50.2 Å². The van der Waals surface area contributed by atoms with E-state index >= 15 is 0 Å². The number of nitrogens with one attached hydrogen (secondary N) is 1. The van der Waals surface area contributed by atoms with Gasteiger partial charge in [-0.25, -0.2) is 14.8 Å². The lowest BCUT2D eigenvalue weighted by Gasteiger charge is -2.32. The zero-order chi connectivity index (χ0) is 25.6. The molecule has 0 bridgehead atoms. The van der Waals surface area contributed by atoms with Gasteiger partial charge in [-0.3, -0.25) is 4.90 Å². The smallest absolute Gasteiger partial charge is 0.409 e. The van der Waals surface area contributed by atoms with E-state index in [4.69, 9.17) is 25.8 Å². The maximum atomic E-state index is 12.5. The van der Waals surface area contributed by atoms with Gasteiger partial charge < -0.3 is 24.4 Å². The second-order valence-electron chi connectivity index (χ2n) is 9.35. The molecule has 3 heterocycles. The summed E-state index contributed by atoms with van der Waals surface area (Å²) in [6, 6.07) is 11.2. The van der Waals surface area contributed by atoms with Crippen LogP contribution < -0.4 is 14.8 Å². The number of likely N-dealkylation sites (tertiary alicyclic amines) is 2. The van der Waals surface area contributed by atoms with Gasteiger partial charge in [0.25, 0.3) is 0 Å². The van der Waals surface area contributed by atoms with E-state index in [0.717, 1.165) is 36.2 Å². The molecular weight excluding hydrogens is 494 g/mol. The van der Waals surface area contributed by atoms with Crippen molar-refractivity contribution in [2.75, 3.05) is 51.8 Å². The summed E-state index contributed by atoms with van der Waals surface area (Å²) in [6.07, 6.45) is 5.10. The van der Waals surface area contributed by atoms with Crippen molar-refractivity contribution < 1.29 is 19.0 Å². The average Bonchev–Trinajstić information content (AvgIpc) is 3.43. The average molecular weight is 526 g/mol. The monoisotopic (exact) mass is 525 g/mol. The molecule has 10 heteroatoms. The Morgan fingerprint density at radius 3 is 2.65 bits per heavy atom. The Labute approximate surface area is 221 Å². The van der Waals surface area contributed by atoms with Crippen molar-refractivity contribution in [1.82, 2.24) is 19.8 Å². The molecule has 2 fully saturated rings. The minimum atomic E-state index is -0.241. The minimum Gasteiger partial charge on any atom is -0.493 e. The van der Waals surface area contributed by atoms with Crippen LogP contribution in [0.25, 0.3) is 10.9 Å². The van der Waals surface area contributed by atoms with Gasteiger partial charge in [0.05, 0.1) is 12.6 Å². The van der Waals surface area contributed by atoms with Crippen LogP contribution in [0.4, 0.5) is 16.3 Å². The van der Waals surface area contributed by atoms with E-state index in [9.17, 15) is 4.79 Å². The highest BCUT2D eigenvalue weighted by Crippen LogP contribution is 2.36. The van der Waals surface area contributed by atoms with Crippen LogP contribution in [0.1, 0.15) is 25.7 Å². The van der Waals surface area contributed by atoms with E-state index in [1.165, 1.54) is 19.2 Å². The summed E-state index contributed by atoms with van der Waals surface area (Å²) in [5, 5.41) is 4.75. The third kappa shape index (κ3) is 6.34. The van der Waals surface area contributed by atoms with Gasteiger partial charge in [-0.2, -0.15) is 0 Å². The van der Waals surface area contributed by atoms with Crippen LogP contribution in [-0.2, 0) is 4.74 Å². The first-order chi connectivity index (χ1) is 18.1. The van der Waals surface area contributed by atoms with Crippen molar-refractivity contribution in [3.8, 4) is 11.5 Å². The molecule has 1 aromatic heterocycles. The van der Waals surface area contributed by atoms with Crippen LogP contribution in [0.3, 0.4) is 0 Å². The van der Waals surface area contributed by atoms with E-state index in [2.05, 4.69) is 20.2 Å². The quantitative estimate of drug-likeness (QED) is 0.434. The molecule has 9 nitrogen and oxygen atoms in total. The predicted molar refractivity (Wildman–Crippen MR) is 143 cm³/mol. The molecule has 196 valence electrons. The number of ether oxygens (including phenoxy) is 3. The van der Waals surface area contributed by atoms with Crippen LogP contribution in [0.15, 0.2) is 42.7 Å². The van der Waals surface area contributed by atoms with Gasteiger partial charge in [0.1, 0.15) is 24.9 Å². The third-order valence-corrected chi connectivity index (χ3v) is 7.07. The fourth-order valence-corrected chi connectivity index (χ4v) is 5.00. The SMILES string of the molecule is COc1cc2ncnc(Nc3cccc(Cl)c3)c2cc1OC1CCN(C(=O)OCCN2CCCC2)CC1. The highest BCUT2D eigenvalue weighted by Gasteiger charge is 2.26. The molecule has 2 saturated heterocycles. The fraction of sp³-hybridized carbons (Fsp3) is 0.444. The second kappa shape index (κ2) is 11.8. The first-order valence-electron chi connectivity index (χ1n) is 12.7. The maximum Gasteiger partial charge on any atom is 0.409 e. The lowest BCUT2D eigenvalue weighted by Crippen LogP contribution is -2.42. The number of halogens is 1. The summed E-state index contributed by atoms with van der Waals surface area (Å²) in [6.45, 7) is 4.63. The van der Waals surface area contributed by atoms with Crippen molar-refractivity contribution >= 4 is 40.1 Å². The zero-order valence-electron chi connectivity index (χ0n) is 21.0. The topological polar surface area (TPSA) is 89.1 Å². The number of hydrogen-bond donors (Lipinski definition) is 1. The van der Waals surface area contributed by atoms with Gasteiger partial charge in [0.2, 0.25) is 0 Å². The summed E-state index contributed by atoms with van der Waals surface area (Å²) >= 11 is 6.14. The van der Waals surface area contributed by atoms with Gasteiger partial charge >= 0.3 is 6.09 Å². The Bertz CT molecular complexity index is 1230. The van der Waals surface area contributed by atoms with Gasteiger partial charge in [-0.15, -0.1) is 0 Å². The summed E-state index contributed by atoms with van der Waals surface area (Å²) in [7, 11) is 1.61. The van der Waals surface area contributed by atoms with Crippen molar-refractivity contribution in [2.45, 2.75) is 31.8 Å². The standard InChI is InChI=1S/C27H32ClN5O4/c1-35-24-17-23-22(26(30-18-29-23)31-20-6-4-5-19(28)15-20)16-25(24)37-21-7-11-33(12-8-21)27(34)36-14-13-32-9-2-3-10-32/h4-6,15-18,21H,2-3,7-14H2,1H3,(H,29,30,31). The number of benzene rings is 2. The molecule has 0 aliphatic carbocycles. The van der Waals surface area contributed by atoms with E-state index in [1.54, 1.807) is 12.0 Å². The summed E-state index contributed by atoms with van der Waals surface area (Å²) < 4.78 is 17.5. The molecule has 1 N–H and O–H groups in total. The highest BCUT2D eigenvalue weighted by molar-refractivity contribution is 6.30. The van der Waals surface area contributed by atoms with Crippen molar-refractivity contribution in [3.63, 3.8) is 0 Å². The van der Waals surface area contributed by atoms with Crippen molar-refractivity contribution in [2.24, 2.45) is 0 Å². The largest absolute Gasteiger partial charge is 0.493 e. The molecular formula is C27H32ClN5O4. The molecule has 1 amide bonds. The third-order valence-electron chi connectivity index (χ3n) is 6.83. The number of piperidine rings is 1. The summed E-state index contributed by atoms with van der Waals surface area (Å²) in [5.74, 6) is 1.86. The van der Waals surface area contributed by atoms with Crippen LogP contribution in [0.5, 0.6) is 11.5 Å². The van der Waals surface area contributed by atoms with Crippen LogP contribution in [-0.4, -0.2) is 78.4 Å². The molecule has 2 aromatic carbocycles. The number of rotatable bonds is 8. The number of carbonyl (C=O) groups excluding carboxylic acids is 1. The molecule has 0 saturated carbocycles. The number of carbonyl (C=O) groups is 1. The minimum absolute atomic E-state index is 0.0473. The maximum absolute atomic E-state index is 12.5. The molecule has 0 atom stereocenters. The van der Waals surface area contributed by atoms with Crippen LogP contribution in [0.2, 0.25) is 5.02 Å². The van der Waals surface area contributed by atoms with Gasteiger partial charge in [0.15, 0.2) is 11.5 Å². The number of anilines is 2. The summed E-state index contributed by atoms with van der Waals surface area (Å²) in [5.41, 5.74) is 1.56. The Kier molecular flexibility index (Phi) is 8.11. The van der Waals surface area contributed by atoms with E-state index < -0.39 is 0 Å². The number of amides is 1. The first kappa shape index (κ1) is 25.4. The number of nitrogens with zero attached hydrogens (tertiary/aromatic N) is 4. The zero-order valence-corrected chi connectivity index (χ0v) is 21.7. The molecule has 37 heavy (non-hydrogen) atoms. The van der Waals surface area contributed by atoms with Crippen LogP contribution >= 0.6 is 11.6 Å². The number of fused-ring (bicyclic) bond motifs is 1. The van der Waals surface area contributed by atoms with E-state index in [-0.39, 0.29) is 12.2 Å². The first-order valence-corrected chi connectivity index (χ1v) is 13.1. The molecule has 0 spiro atoms.